The van der Waals surface area contributed by atoms with Crippen molar-refractivity contribution in [2.75, 3.05) is 24.6 Å². The van der Waals surface area contributed by atoms with E-state index in [-0.39, 0.29) is 23.1 Å². The summed E-state index contributed by atoms with van der Waals surface area (Å²) in [6.45, 7) is 7.26. The number of hydrogen-bond donors (Lipinski definition) is 2. The molecule has 2 heterocycles. The van der Waals surface area contributed by atoms with Crippen molar-refractivity contribution in [1.29, 1.82) is 0 Å². The number of nitrogens with one attached hydrogen (secondary N) is 1. The van der Waals surface area contributed by atoms with Gasteiger partial charge in [-0.3, -0.25) is 10.2 Å². The van der Waals surface area contributed by atoms with Crippen molar-refractivity contribution >= 4 is 34.6 Å². The molecule has 1 aromatic rings. The van der Waals surface area contributed by atoms with Gasteiger partial charge in [0.1, 0.15) is 17.3 Å². The van der Waals surface area contributed by atoms with Crippen LogP contribution in [0.3, 0.4) is 0 Å². The second-order valence-corrected chi connectivity index (χ2v) is 10.3. The Kier molecular flexibility index (Phi) is 8.59. The lowest BCUT2D eigenvalue weighted by Gasteiger charge is -2.28. The summed E-state index contributed by atoms with van der Waals surface area (Å²) >= 11 is 1.61. The highest BCUT2D eigenvalue weighted by Crippen LogP contribution is 2.32. The van der Waals surface area contributed by atoms with Crippen molar-refractivity contribution < 1.29 is 13.6 Å². The number of benzene rings is 1. The standard InChI is InChI=1S/C28H32F2N4OS/c1-18(2)20-8-11-25(24(30)15-20)32-27-21(14-19-6-9-22(29)10-7-19)16-36-17-23(27)26(31)28(35)33-34-12-4-3-5-13-34/h6,8-9,11,14-15H,1,3-5,7,10,12-13,16-17,31H2,2H3,(H,33,35). The first kappa shape index (κ1) is 26.1. The first-order valence-corrected chi connectivity index (χ1v) is 13.4. The average molecular weight is 511 g/mol. The molecule has 0 unspecified atom stereocenters. The van der Waals surface area contributed by atoms with Gasteiger partial charge in [0.2, 0.25) is 0 Å². The summed E-state index contributed by atoms with van der Waals surface area (Å²) in [6.07, 6.45) is 9.28. The maximum Gasteiger partial charge on any atom is 0.281 e. The normalized spacial score (nSPS) is 22.8. The molecule has 1 amide bonds. The molecule has 4 rings (SSSR count). The number of carbonyl (C=O) groups is 1. The van der Waals surface area contributed by atoms with Gasteiger partial charge in [-0.25, -0.2) is 18.8 Å². The summed E-state index contributed by atoms with van der Waals surface area (Å²) in [4.78, 5) is 17.8. The van der Waals surface area contributed by atoms with Gasteiger partial charge in [0.15, 0.2) is 0 Å². The van der Waals surface area contributed by atoms with Crippen LogP contribution in [0.4, 0.5) is 14.5 Å². The average Bonchev–Trinajstić information content (AvgIpc) is 2.87. The van der Waals surface area contributed by atoms with Crippen LogP contribution >= 0.6 is 11.8 Å². The fourth-order valence-electron chi connectivity index (χ4n) is 4.35. The predicted octanol–water partition coefficient (Wildman–Crippen LogP) is 5.91. The Morgan fingerprint density at radius 3 is 2.61 bits per heavy atom. The first-order valence-electron chi connectivity index (χ1n) is 12.2. The number of carbonyl (C=O) groups excluding carboxylic acids is 1. The third kappa shape index (κ3) is 6.42. The maximum atomic E-state index is 15.0. The van der Waals surface area contributed by atoms with Crippen LogP contribution in [0, 0.1) is 5.82 Å². The highest BCUT2D eigenvalue weighted by atomic mass is 32.2. The molecule has 5 nitrogen and oxygen atoms in total. The molecule has 1 aliphatic carbocycles. The third-order valence-corrected chi connectivity index (χ3v) is 7.45. The monoisotopic (exact) mass is 510 g/mol. The molecule has 8 heteroatoms. The Hall–Kier alpha value is -2.97. The molecule has 1 aromatic carbocycles. The van der Waals surface area contributed by atoms with Crippen molar-refractivity contribution in [2.45, 2.75) is 39.0 Å². The lowest BCUT2D eigenvalue weighted by Crippen LogP contribution is -2.47. The number of allylic oxidation sites excluding steroid dienone is 6. The van der Waals surface area contributed by atoms with Crippen LogP contribution in [0.15, 0.2) is 76.2 Å². The van der Waals surface area contributed by atoms with Gasteiger partial charge in [-0.1, -0.05) is 36.8 Å². The molecule has 3 aliphatic rings. The zero-order chi connectivity index (χ0) is 25.7. The summed E-state index contributed by atoms with van der Waals surface area (Å²) in [6, 6.07) is 4.81. The fourth-order valence-corrected chi connectivity index (χ4v) is 5.39. The van der Waals surface area contributed by atoms with E-state index in [1.54, 1.807) is 30.0 Å². The van der Waals surface area contributed by atoms with Crippen LogP contribution in [0.1, 0.15) is 44.6 Å². The van der Waals surface area contributed by atoms with E-state index in [9.17, 15) is 9.18 Å². The molecule has 0 atom stereocenters. The van der Waals surface area contributed by atoms with Crippen LogP contribution in [0.2, 0.25) is 0 Å². The molecule has 190 valence electrons. The number of aliphatic imine (C=N–C) groups is 1. The molecule has 2 aliphatic heterocycles. The predicted molar refractivity (Wildman–Crippen MR) is 145 cm³/mol. The Balaban J connectivity index is 1.75. The summed E-state index contributed by atoms with van der Waals surface area (Å²) in [5.74, 6) is 0.106. The van der Waals surface area contributed by atoms with Gasteiger partial charge >= 0.3 is 0 Å². The molecule has 0 aromatic heterocycles. The molecule has 0 radical (unpaired) electrons. The van der Waals surface area contributed by atoms with Gasteiger partial charge in [-0.2, -0.15) is 11.8 Å². The largest absolute Gasteiger partial charge is 0.394 e. The lowest BCUT2D eigenvalue weighted by molar-refractivity contribution is -0.122. The van der Waals surface area contributed by atoms with Gasteiger partial charge in [0, 0.05) is 36.6 Å². The van der Waals surface area contributed by atoms with Crippen LogP contribution < -0.4 is 11.2 Å². The zero-order valence-corrected chi connectivity index (χ0v) is 21.4. The van der Waals surface area contributed by atoms with Gasteiger partial charge in [0.05, 0.1) is 11.4 Å². The number of nitrogens with two attached hydrogens (primary N) is 1. The molecule has 0 bridgehead atoms. The van der Waals surface area contributed by atoms with Gasteiger partial charge in [0.25, 0.3) is 5.91 Å². The topological polar surface area (TPSA) is 70.7 Å². The molecule has 36 heavy (non-hydrogen) atoms. The molecule has 0 spiro atoms. The minimum Gasteiger partial charge on any atom is -0.394 e. The summed E-state index contributed by atoms with van der Waals surface area (Å²) in [5.41, 5.74) is 13.9. The number of nitrogens with zero attached hydrogens (tertiary/aromatic N) is 2. The Bertz CT molecular complexity index is 1210. The number of thioether (sulfide) groups is 1. The second-order valence-electron chi connectivity index (χ2n) is 9.31. The lowest BCUT2D eigenvalue weighted by atomic mass is 9.96. The van der Waals surface area contributed by atoms with Crippen LogP contribution in [-0.2, 0) is 4.79 Å². The first-order chi connectivity index (χ1) is 17.3. The van der Waals surface area contributed by atoms with Crippen molar-refractivity contribution in [3.05, 3.63) is 82.6 Å². The number of rotatable bonds is 5. The smallest absolute Gasteiger partial charge is 0.281 e. The van der Waals surface area contributed by atoms with Gasteiger partial charge in [-0.05, 0) is 61.1 Å². The summed E-state index contributed by atoms with van der Waals surface area (Å²) in [5, 5.41) is 1.90. The minimum atomic E-state index is -0.474. The highest BCUT2D eigenvalue weighted by Gasteiger charge is 2.26. The highest BCUT2D eigenvalue weighted by molar-refractivity contribution is 7.99. The van der Waals surface area contributed by atoms with E-state index in [2.05, 4.69) is 12.0 Å². The Labute approximate surface area is 215 Å². The van der Waals surface area contributed by atoms with Crippen molar-refractivity contribution in [2.24, 2.45) is 10.7 Å². The quantitative estimate of drug-likeness (QED) is 0.484. The Morgan fingerprint density at radius 1 is 1.17 bits per heavy atom. The zero-order valence-electron chi connectivity index (χ0n) is 20.6. The number of piperidine rings is 1. The molecular formula is C28H32F2N4OS. The summed E-state index contributed by atoms with van der Waals surface area (Å²) in [7, 11) is 0. The van der Waals surface area contributed by atoms with Crippen molar-refractivity contribution in [1.82, 2.24) is 10.4 Å². The van der Waals surface area contributed by atoms with Crippen LogP contribution in [0.25, 0.3) is 5.57 Å². The van der Waals surface area contributed by atoms with E-state index in [4.69, 9.17) is 10.7 Å². The number of hydrogen-bond acceptors (Lipinski definition) is 5. The Morgan fingerprint density at radius 2 is 1.94 bits per heavy atom. The fraction of sp³-hybridized carbons (Fsp3) is 0.357. The SMILES string of the molecule is C=C(C)c1ccc(N=C2C(=CC3=CC=C(F)CC3)CSCC2=C(N)C(=O)NN2CCCCC2)c(F)c1. The molecular weight excluding hydrogens is 478 g/mol. The minimum absolute atomic E-state index is 0.0833. The second kappa shape index (κ2) is 11.8. The maximum absolute atomic E-state index is 15.0. The van der Waals surface area contributed by atoms with E-state index >= 15 is 4.39 Å². The van der Waals surface area contributed by atoms with Crippen molar-refractivity contribution in [3.63, 3.8) is 0 Å². The van der Waals surface area contributed by atoms with Gasteiger partial charge < -0.3 is 5.73 Å². The van der Waals surface area contributed by atoms with Crippen LogP contribution in [0.5, 0.6) is 0 Å². The van der Waals surface area contributed by atoms with E-state index in [0.29, 0.717) is 41.2 Å². The van der Waals surface area contributed by atoms with Crippen LogP contribution in [-0.4, -0.2) is 41.2 Å². The number of halogens is 2. The van der Waals surface area contributed by atoms with E-state index in [0.717, 1.165) is 49.1 Å². The molecule has 2 saturated heterocycles. The third-order valence-electron chi connectivity index (χ3n) is 6.44. The number of amides is 1. The molecule has 3 N–H and O–H groups in total. The molecule has 2 fully saturated rings. The van der Waals surface area contributed by atoms with Gasteiger partial charge in [-0.15, -0.1) is 0 Å². The van der Waals surface area contributed by atoms with E-state index in [1.807, 2.05) is 18.0 Å². The van der Waals surface area contributed by atoms with E-state index in [1.165, 1.54) is 12.1 Å². The number of hydrazine groups is 1. The van der Waals surface area contributed by atoms with E-state index < -0.39 is 5.82 Å². The molecule has 0 saturated carbocycles. The summed E-state index contributed by atoms with van der Waals surface area (Å²) < 4.78 is 28.6. The van der Waals surface area contributed by atoms with Crippen molar-refractivity contribution in [3.8, 4) is 0 Å².